The summed E-state index contributed by atoms with van der Waals surface area (Å²) >= 11 is 0. The SMILES string of the molecule is O=C(O)CC(CC(=O)O)C1CC1. The van der Waals surface area contributed by atoms with E-state index < -0.39 is 11.9 Å². The molecule has 0 radical (unpaired) electrons. The zero-order valence-electron chi connectivity index (χ0n) is 6.69. The molecule has 0 heterocycles. The summed E-state index contributed by atoms with van der Waals surface area (Å²) in [5, 5.41) is 17.0. The highest BCUT2D eigenvalue weighted by Gasteiger charge is 2.33. The third-order valence-electron chi connectivity index (χ3n) is 2.16. The van der Waals surface area contributed by atoms with Crippen LogP contribution in [0.5, 0.6) is 0 Å². The predicted molar refractivity (Wildman–Crippen MR) is 40.7 cm³/mol. The lowest BCUT2D eigenvalue weighted by Crippen LogP contribution is -2.14. The number of aliphatic carboxylic acids is 2. The highest BCUT2D eigenvalue weighted by Crippen LogP contribution is 2.40. The van der Waals surface area contributed by atoms with Gasteiger partial charge in [0.1, 0.15) is 0 Å². The fourth-order valence-corrected chi connectivity index (χ4v) is 1.42. The Kier molecular flexibility index (Phi) is 2.68. The summed E-state index contributed by atoms with van der Waals surface area (Å²) in [6.07, 6.45) is 1.98. The van der Waals surface area contributed by atoms with Gasteiger partial charge in [-0.1, -0.05) is 0 Å². The van der Waals surface area contributed by atoms with E-state index in [9.17, 15) is 9.59 Å². The Bertz CT molecular complexity index is 179. The fraction of sp³-hybridized carbons (Fsp3) is 0.750. The van der Waals surface area contributed by atoms with Gasteiger partial charge in [0, 0.05) is 12.8 Å². The second-order valence-electron chi connectivity index (χ2n) is 3.29. The van der Waals surface area contributed by atoms with Crippen molar-refractivity contribution in [2.75, 3.05) is 0 Å². The molecule has 0 amide bonds. The molecule has 0 unspecified atom stereocenters. The van der Waals surface area contributed by atoms with Crippen molar-refractivity contribution >= 4 is 11.9 Å². The van der Waals surface area contributed by atoms with Crippen LogP contribution in [0.2, 0.25) is 0 Å². The molecule has 1 aliphatic carbocycles. The van der Waals surface area contributed by atoms with E-state index in [2.05, 4.69) is 0 Å². The van der Waals surface area contributed by atoms with Gasteiger partial charge in [0.05, 0.1) is 0 Å². The molecule has 12 heavy (non-hydrogen) atoms. The van der Waals surface area contributed by atoms with Crippen LogP contribution in [0.25, 0.3) is 0 Å². The minimum absolute atomic E-state index is 0.00301. The monoisotopic (exact) mass is 172 g/mol. The van der Waals surface area contributed by atoms with Gasteiger partial charge in [0.25, 0.3) is 0 Å². The van der Waals surface area contributed by atoms with E-state index in [1.807, 2.05) is 0 Å². The maximum absolute atomic E-state index is 10.3. The van der Waals surface area contributed by atoms with Gasteiger partial charge in [-0.15, -0.1) is 0 Å². The Morgan fingerprint density at radius 1 is 1.17 bits per heavy atom. The Morgan fingerprint density at radius 3 is 1.83 bits per heavy atom. The molecule has 1 saturated carbocycles. The minimum Gasteiger partial charge on any atom is -0.481 e. The van der Waals surface area contributed by atoms with Crippen molar-refractivity contribution in [2.45, 2.75) is 25.7 Å². The number of carboxylic acid groups (broad SMARTS) is 2. The molecule has 0 aromatic carbocycles. The standard InChI is InChI=1S/C8H12O4/c9-7(10)3-6(4-8(11)12)5-1-2-5/h5-6H,1-4H2,(H,9,10)(H,11,12). The third-order valence-corrected chi connectivity index (χ3v) is 2.16. The summed E-state index contributed by atoms with van der Waals surface area (Å²) in [6, 6.07) is 0. The van der Waals surface area contributed by atoms with Crippen LogP contribution in [-0.4, -0.2) is 22.2 Å². The zero-order valence-corrected chi connectivity index (χ0v) is 6.69. The molecule has 68 valence electrons. The maximum atomic E-state index is 10.3. The molecule has 1 rings (SSSR count). The smallest absolute Gasteiger partial charge is 0.303 e. The Balaban J connectivity index is 2.37. The van der Waals surface area contributed by atoms with Crippen LogP contribution >= 0.6 is 0 Å². The first-order valence-electron chi connectivity index (χ1n) is 4.03. The number of rotatable bonds is 5. The first-order chi connectivity index (χ1) is 5.59. The normalized spacial score (nSPS) is 16.4. The largest absolute Gasteiger partial charge is 0.481 e. The van der Waals surface area contributed by atoms with Crippen LogP contribution in [0.4, 0.5) is 0 Å². The molecule has 1 aliphatic rings. The number of carbonyl (C=O) groups is 2. The number of hydrogen-bond acceptors (Lipinski definition) is 2. The van der Waals surface area contributed by atoms with Crippen molar-refractivity contribution < 1.29 is 19.8 Å². The van der Waals surface area contributed by atoms with Gasteiger partial charge in [0.2, 0.25) is 0 Å². The molecule has 0 atom stereocenters. The average Bonchev–Trinajstić information content (AvgIpc) is 2.63. The van der Waals surface area contributed by atoms with Gasteiger partial charge in [0.15, 0.2) is 0 Å². The molecule has 4 heteroatoms. The molecule has 0 spiro atoms. The lowest BCUT2D eigenvalue weighted by molar-refractivity contribution is -0.140. The quantitative estimate of drug-likeness (QED) is 0.647. The van der Waals surface area contributed by atoms with Crippen molar-refractivity contribution in [1.82, 2.24) is 0 Å². The second-order valence-corrected chi connectivity index (χ2v) is 3.29. The van der Waals surface area contributed by atoms with E-state index in [1.165, 1.54) is 0 Å². The van der Waals surface area contributed by atoms with Crippen molar-refractivity contribution in [3.05, 3.63) is 0 Å². The summed E-state index contributed by atoms with van der Waals surface area (Å²) < 4.78 is 0. The van der Waals surface area contributed by atoms with E-state index in [-0.39, 0.29) is 18.8 Å². The molecular weight excluding hydrogens is 160 g/mol. The molecule has 0 saturated heterocycles. The van der Waals surface area contributed by atoms with E-state index in [0.717, 1.165) is 12.8 Å². The molecule has 2 N–H and O–H groups in total. The van der Waals surface area contributed by atoms with E-state index >= 15 is 0 Å². The summed E-state index contributed by atoms with van der Waals surface area (Å²) in [5.74, 6) is -1.60. The lowest BCUT2D eigenvalue weighted by atomic mass is 9.96. The first-order valence-corrected chi connectivity index (χ1v) is 4.03. The van der Waals surface area contributed by atoms with Crippen LogP contribution in [0.15, 0.2) is 0 Å². The molecule has 0 bridgehead atoms. The van der Waals surface area contributed by atoms with E-state index in [0.29, 0.717) is 5.92 Å². The Hall–Kier alpha value is -1.06. The van der Waals surface area contributed by atoms with Crippen LogP contribution in [0.3, 0.4) is 0 Å². The van der Waals surface area contributed by atoms with Crippen LogP contribution < -0.4 is 0 Å². The number of hydrogen-bond donors (Lipinski definition) is 2. The average molecular weight is 172 g/mol. The molecular formula is C8H12O4. The highest BCUT2D eigenvalue weighted by atomic mass is 16.4. The first kappa shape index (κ1) is 9.03. The number of carboxylic acids is 2. The summed E-state index contributed by atoms with van der Waals surface area (Å²) in [6.45, 7) is 0. The zero-order chi connectivity index (χ0) is 9.14. The molecule has 0 aromatic rings. The minimum atomic E-state index is -0.895. The summed E-state index contributed by atoms with van der Waals surface area (Å²) in [5.41, 5.74) is 0. The van der Waals surface area contributed by atoms with Gasteiger partial charge in [-0.3, -0.25) is 9.59 Å². The molecule has 1 fully saturated rings. The highest BCUT2D eigenvalue weighted by molar-refractivity contribution is 5.70. The van der Waals surface area contributed by atoms with Crippen molar-refractivity contribution in [3.8, 4) is 0 Å². The Labute approximate surface area is 70.2 Å². The molecule has 0 aliphatic heterocycles. The van der Waals surface area contributed by atoms with Crippen LogP contribution in [0, 0.1) is 11.8 Å². The van der Waals surface area contributed by atoms with E-state index in [4.69, 9.17) is 10.2 Å². The Morgan fingerprint density at radius 2 is 1.58 bits per heavy atom. The molecule has 4 nitrogen and oxygen atoms in total. The van der Waals surface area contributed by atoms with Crippen molar-refractivity contribution in [3.63, 3.8) is 0 Å². The van der Waals surface area contributed by atoms with Gasteiger partial charge in [-0.05, 0) is 24.7 Å². The summed E-state index contributed by atoms with van der Waals surface area (Å²) in [4.78, 5) is 20.7. The predicted octanol–water partition coefficient (Wildman–Crippen LogP) is 0.962. The van der Waals surface area contributed by atoms with Gasteiger partial charge in [-0.25, -0.2) is 0 Å². The van der Waals surface area contributed by atoms with Gasteiger partial charge >= 0.3 is 11.9 Å². The van der Waals surface area contributed by atoms with Crippen molar-refractivity contribution in [1.29, 1.82) is 0 Å². The lowest BCUT2D eigenvalue weighted by Gasteiger charge is -2.09. The molecule has 0 aromatic heterocycles. The summed E-state index contributed by atoms with van der Waals surface area (Å²) in [7, 11) is 0. The van der Waals surface area contributed by atoms with Gasteiger partial charge < -0.3 is 10.2 Å². The van der Waals surface area contributed by atoms with Crippen LogP contribution in [0.1, 0.15) is 25.7 Å². The van der Waals surface area contributed by atoms with Crippen molar-refractivity contribution in [2.24, 2.45) is 11.8 Å². The topological polar surface area (TPSA) is 74.6 Å². The fourth-order valence-electron chi connectivity index (χ4n) is 1.42. The van der Waals surface area contributed by atoms with Crippen LogP contribution in [-0.2, 0) is 9.59 Å². The van der Waals surface area contributed by atoms with E-state index in [1.54, 1.807) is 0 Å². The third kappa shape index (κ3) is 2.90. The second kappa shape index (κ2) is 3.56. The maximum Gasteiger partial charge on any atom is 0.303 e. The van der Waals surface area contributed by atoms with Gasteiger partial charge in [-0.2, -0.15) is 0 Å².